The molecule has 7 aromatic carbocycles. The molecule has 0 N–H and O–H groups in total. The number of pyridine rings is 1. The maximum absolute atomic E-state index is 4.96. The summed E-state index contributed by atoms with van der Waals surface area (Å²) in [5, 5.41) is 0. The zero-order valence-electron chi connectivity index (χ0n) is 35.8. The van der Waals surface area contributed by atoms with Crippen LogP contribution in [0.1, 0.15) is 52.7 Å². The first-order valence-corrected chi connectivity index (χ1v) is 21.3. The number of nitrogens with zero attached hydrogens (tertiary/aromatic N) is 5. The molecule has 8 aromatic rings. The predicted molar refractivity (Wildman–Crippen MR) is 257 cm³/mol. The third-order valence-corrected chi connectivity index (χ3v) is 12.1. The SMILES string of the molecule is CC(C)(C)c1cccc(N2CN(c3cc(N(c4ccccc4)c4ccc5c(c4)N(c4ccccn4)c4ccccc4-c4ccccc4-5)cc(C(C)(C)C)c3)c3ccccc32)c1. The fourth-order valence-corrected chi connectivity index (χ4v) is 8.92. The number of benzene rings is 7. The van der Waals surface area contributed by atoms with Gasteiger partial charge in [0.1, 0.15) is 12.5 Å². The van der Waals surface area contributed by atoms with E-state index in [4.69, 9.17) is 4.98 Å². The van der Waals surface area contributed by atoms with Crippen molar-refractivity contribution in [3.05, 3.63) is 199 Å². The molecule has 10 rings (SSSR count). The first kappa shape index (κ1) is 38.1. The molecule has 0 unspecified atom stereocenters. The van der Waals surface area contributed by atoms with Gasteiger partial charge in [0.15, 0.2) is 0 Å². The average molecular weight is 794 g/mol. The monoisotopic (exact) mass is 793 g/mol. The molecule has 5 heteroatoms. The molecule has 2 aliphatic rings. The number of anilines is 10. The molecule has 2 aliphatic heterocycles. The summed E-state index contributed by atoms with van der Waals surface area (Å²) in [6.45, 7) is 14.5. The van der Waals surface area contributed by atoms with Gasteiger partial charge < -0.3 is 14.7 Å². The van der Waals surface area contributed by atoms with Crippen molar-refractivity contribution in [3.63, 3.8) is 0 Å². The average Bonchev–Trinajstić information content (AvgIpc) is 3.62. The van der Waals surface area contributed by atoms with E-state index >= 15 is 0 Å². The van der Waals surface area contributed by atoms with Crippen LogP contribution in [0.2, 0.25) is 0 Å². The minimum Gasteiger partial charge on any atom is -0.321 e. The van der Waals surface area contributed by atoms with Crippen LogP contribution < -0.4 is 19.6 Å². The lowest BCUT2D eigenvalue weighted by molar-refractivity contribution is 0.590. The zero-order chi connectivity index (χ0) is 41.9. The van der Waals surface area contributed by atoms with Crippen molar-refractivity contribution in [1.82, 2.24) is 4.98 Å². The van der Waals surface area contributed by atoms with Crippen molar-refractivity contribution >= 4 is 57.0 Å². The first-order chi connectivity index (χ1) is 29.5. The molecule has 0 atom stereocenters. The van der Waals surface area contributed by atoms with E-state index in [-0.39, 0.29) is 10.8 Å². The third-order valence-electron chi connectivity index (χ3n) is 12.1. The molecule has 3 heterocycles. The molecular formula is C56H51N5. The Balaban J connectivity index is 1.17. The molecule has 0 saturated heterocycles. The number of hydrogen-bond donors (Lipinski definition) is 0. The van der Waals surface area contributed by atoms with Gasteiger partial charge in [0, 0.05) is 45.8 Å². The molecule has 0 radical (unpaired) electrons. The molecule has 0 fully saturated rings. The molecule has 0 bridgehead atoms. The van der Waals surface area contributed by atoms with Crippen LogP contribution in [0.25, 0.3) is 22.3 Å². The summed E-state index contributed by atoms with van der Waals surface area (Å²) in [5.41, 5.74) is 17.4. The van der Waals surface area contributed by atoms with Gasteiger partial charge in [0.2, 0.25) is 0 Å². The molecule has 61 heavy (non-hydrogen) atoms. The minimum atomic E-state index is -0.121. The number of para-hydroxylation sites is 4. The van der Waals surface area contributed by atoms with Crippen molar-refractivity contribution in [1.29, 1.82) is 0 Å². The fourth-order valence-electron chi connectivity index (χ4n) is 8.92. The Labute approximate surface area is 360 Å². The second kappa shape index (κ2) is 14.9. The van der Waals surface area contributed by atoms with Crippen LogP contribution in [-0.4, -0.2) is 11.7 Å². The maximum Gasteiger partial charge on any atom is 0.137 e. The Morgan fingerprint density at radius 1 is 0.410 bits per heavy atom. The lowest BCUT2D eigenvalue weighted by atomic mass is 9.86. The van der Waals surface area contributed by atoms with Gasteiger partial charge in [-0.05, 0) is 118 Å². The van der Waals surface area contributed by atoms with Gasteiger partial charge in [-0.2, -0.15) is 0 Å². The van der Waals surface area contributed by atoms with Crippen LogP contribution in [-0.2, 0) is 10.8 Å². The smallest absolute Gasteiger partial charge is 0.137 e. The van der Waals surface area contributed by atoms with Gasteiger partial charge in [-0.25, -0.2) is 4.98 Å². The van der Waals surface area contributed by atoms with Gasteiger partial charge in [-0.1, -0.05) is 139 Å². The van der Waals surface area contributed by atoms with Crippen molar-refractivity contribution in [3.8, 4) is 22.3 Å². The Kier molecular flexibility index (Phi) is 9.29. The summed E-state index contributed by atoms with van der Waals surface area (Å²) < 4.78 is 0. The van der Waals surface area contributed by atoms with E-state index in [0.717, 1.165) is 45.5 Å². The highest BCUT2D eigenvalue weighted by molar-refractivity contribution is 6.03. The normalized spacial score (nSPS) is 13.2. The van der Waals surface area contributed by atoms with E-state index < -0.39 is 0 Å². The molecular weight excluding hydrogens is 743 g/mol. The van der Waals surface area contributed by atoms with E-state index in [9.17, 15) is 0 Å². The van der Waals surface area contributed by atoms with Gasteiger partial charge in [-0.3, -0.25) is 4.90 Å². The highest BCUT2D eigenvalue weighted by atomic mass is 15.4. The highest BCUT2D eigenvalue weighted by Crippen LogP contribution is 2.53. The summed E-state index contributed by atoms with van der Waals surface area (Å²) >= 11 is 0. The van der Waals surface area contributed by atoms with Gasteiger partial charge in [0.25, 0.3) is 0 Å². The Morgan fingerprint density at radius 3 is 1.67 bits per heavy atom. The number of aromatic nitrogens is 1. The molecule has 0 amide bonds. The number of hydrogen-bond acceptors (Lipinski definition) is 5. The van der Waals surface area contributed by atoms with Crippen molar-refractivity contribution in [2.24, 2.45) is 0 Å². The van der Waals surface area contributed by atoms with E-state index in [1.165, 1.54) is 44.9 Å². The van der Waals surface area contributed by atoms with E-state index in [1.807, 2.05) is 12.3 Å². The third kappa shape index (κ3) is 6.90. The topological polar surface area (TPSA) is 25.9 Å². The van der Waals surface area contributed by atoms with Crippen LogP contribution >= 0.6 is 0 Å². The molecule has 5 nitrogen and oxygen atoms in total. The maximum atomic E-state index is 4.96. The predicted octanol–water partition coefficient (Wildman–Crippen LogP) is 15.5. The van der Waals surface area contributed by atoms with Crippen LogP contribution in [0, 0.1) is 0 Å². The fraction of sp³-hybridized carbons (Fsp3) is 0.161. The van der Waals surface area contributed by atoms with Crippen LogP contribution in [0.3, 0.4) is 0 Å². The second-order valence-electron chi connectivity index (χ2n) is 18.2. The summed E-state index contributed by atoms with van der Waals surface area (Å²) in [6.07, 6.45) is 1.88. The summed E-state index contributed by atoms with van der Waals surface area (Å²) in [4.78, 5) is 14.6. The lowest BCUT2D eigenvalue weighted by Crippen LogP contribution is -2.25. The number of fused-ring (bicyclic) bond motifs is 6. The second-order valence-corrected chi connectivity index (χ2v) is 18.2. The molecule has 0 saturated carbocycles. The largest absolute Gasteiger partial charge is 0.321 e. The van der Waals surface area contributed by atoms with Gasteiger partial charge >= 0.3 is 0 Å². The highest BCUT2D eigenvalue weighted by Gasteiger charge is 2.32. The van der Waals surface area contributed by atoms with E-state index in [0.29, 0.717) is 6.67 Å². The van der Waals surface area contributed by atoms with Gasteiger partial charge in [0.05, 0.1) is 22.7 Å². The number of rotatable bonds is 6. The lowest BCUT2D eigenvalue weighted by Gasteiger charge is -2.32. The first-order valence-electron chi connectivity index (χ1n) is 21.3. The minimum absolute atomic E-state index is 0.0446. The molecule has 0 aliphatic carbocycles. The summed E-state index contributed by atoms with van der Waals surface area (Å²) in [5.74, 6) is 0.870. The van der Waals surface area contributed by atoms with Crippen LogP contribution in [0.4, 0.5) is 57.0 Å². The zero-order valence-corrected chi connectivity index (χ0v) is 35.8. The van der Waals surface area contributed by atoms with Crippen LogP contribution in [0.5, 0.6) is 0 Å². The van der Waals surface area contributed by atoms with Crippen molar-refractivity contribution in [2.45, 2.75) is 52.4 Å². The van der Waals surface area contributed by atoms with Gasteiger partial charge in [-0.15, -0.1) is 0 Å². The van der Waals surface area contributed by atoms with E-state index in [1.54, 1.807) is 0 Å². The summed E-state index contributed by atoms with van der Waals surface area (Å²) in [6, 6.07) is 66.4. The summed E-state index contributed by atoms with van der Waals surface area (Å²) in [7, 11) is 0. The molecule has 300 valence electrons. The molecule has 1 aromatic heterocycles. The Hall–Kier alpha value is -7.11. The quantitative estimate of drug-likeness (QED) is 0.167. The van der Waals surface area contributed by atoms with Crippen LogP contribution in [0.15, 0.2) is 188 Å². The Bertz CT molecular complexity index is 2890. The van der Waals surface area contributed by atoms with Crippen molar-refractivity contribution in [2.75, 3.05) is 26.3 Å². The Morgan fingerprint density at radius 2 is 1.00 bits per heavy atom. The van der Waals surface area contributed by atoms with Crippen molar-refractivity contribution < 1.29 is 0 Å². The standard InChI is InChI=1S/C56H51N5/c1-55(2,3)39-19-18-22-42(33-39)58-38-59(52-28-15-14-27-51(52)58)44-34-40(56(4,5)6)35-45(36-44)60(41-20-8-7-9-21-41)43-30-31-49-47-24-11-10-23-46(47)48-25-12-13-26-50(48)61(53(49)37-43)54-29-16-17-32-57-54/h7-37H,38H2,1-6H3. The van der Waals surface area contributed by atoms with E-state index in [2.05, 4.69) is 237 Å². The molecule has 0 spiro atoms.